The molecule has 0 unspecified atom stereocenters. The van der Waals surface area contributed by atoms with Gasteiger partial charge in [-0.05, 0) is 45.4 Å². The van der Waals surface area contributed by atoms with Gasteiger partial charge in [-0.1, -0.05) is 6.07 Å². The molecule has 0 saturated carbocycles. The van der Waals surface area contributed by atoms with E-state index in [1.165, 1.54) is 0 Å². The van der Waals surface area contributed by atoms with E-state index in [-0.39, 0.29) is 12.3 Å². The molecule has 148 valence electrons. The molecular weight excluding hydrogens is 346 g/mol. The van der Waals surface area contributed by atoms with E-state index in [1.807, 2.05) is 45.9 Å². The van der Waals surface area contributed by atoms with Gasteiger partial charge in [-0.2, -0.15) is 0 Å². The van der Waals surface area contributed by atoms with Gasteiger partial charge in [0.25, 0.3) is 0 Å². The highest BCUT2D eigenvalue weighted by Crippen LogP contribution is 2.32. The van der Waals surface area contributed by atoms with Gasteiger partial charge in [-0.25, -0.2) is 0 Å². The fraction of sp³-hybridized carbons (Fsp3) is 0.600. The summed E-state index contributed by atoms with van der Waals surface area (Å²) in [6.45, 7) is 12.0. The van der Waals surface area contributed by atoms with Crippen LogP contribution in [0, 0.1) is 0 Å². The molecule has 0 aliphatic carbocycles. The summed E-state index contributed by atoms with van der Waals surface area (Å²) in [6.07, 6.45) is 0. The standard InChI is InChI=1S/C20H29N3O4/c1-5-23(20(2,3)4)19(25)18(24)22-10-8-21(9-11-22)13-15-6-7-16-17(12-15)27-14-26-16/h6-7,12H,5,8-11,13-14H2,1-4H3. The summed E-state index contributed by atoms with van der Waals surface area (Å²) in [5.74, 6) is 0.768. The molecule has 2 amide bonds. The molecule has 2 aliphatic heterocycles. The first-order valence-corrected chi connectivity index (χ1v) is 9.51. The van der Waals surface area contributed by atoms with Gasteiger partial charge in [0.15, 0.2) is 11.5 Å². The van der Waals surface area contributed by atoms with Gasteiger partial charge in [-0.3, -0.25) is 14.5 Å². The lowest BCUT2D eigenvalue weighted by Gasteiger charge is -2.38. The number of fused-ring (bicyclic) bond motifs is 1. The van der Waals surface area contributed by atoms with Crippen LogP contribution in [-0.4, -0.2) is 71.6 Å². The van der Waals surface area contributed by atoms with Crippen LogP contribution in [0.15, 0.2) is 18.2 Å². The minimum absolute atomic E-state index is 0.275. The topological polar surface area (TPSA) is 62.3 Å². The molecule has 0 aromatic heterocycles. The minimum atomic E-state index is -0.408. The van der Waals surface area contributed by atoms with Crippen molar-refractivity contribution in [3.05, 3.63) is 23.8 Å². The third kappa shape index (κ3) is 4.35. The number of hydrogen-bond donors (Lipinski definition) is 0. The molecule has 27 heavy (non-hydrogen) atoms. The van der Waals surface area contributed by atoms with Crippen molar-refractivity contribution in [2.24, 2.45) is 0 Å². The maximum Gasteiger partial charge on any atom is 0.312 e. The van der Waals surface area contributed by atoms with Crippen molar-refractivity contribution in [2.45, 2.75) is 39.8 Å². The Labute approximate surface area is 160 Å². The number of ether oxygens (including phenoxy) is 2. The van der Waals surface area contributed by atoms with Crippen LogP contribution in [0.5, 0.6) is 11.5 Å². The van der Waals surface area contributed by atoms with E-state index in [0.717, 1.165) is 36.7 Å². The Bertz CT molecular complexity index is 706. The van der Waals surface area contributed by atoms with Crippen molar-refractivity contribution in [3.63, 3.8) is 0 Å². The molecular formula is C20H29N3O4. The number of rotatable bonds is 3. The number of hydrogen-bond acceptors (Lipinski definition) is 5. The number of amides is 2. The van der Waals surface area contributed by atoms with Crippen LogP contribution >= 0.6 is 0 Å². The van der Waals surface area contributed by atoms with Crippen molar-refractivity contribution in [3.8, 4) is 11.5 Å². The first kappa shape index (κ1) is 19.5. The summed E-state index contributed by atoms with van der Waals surface area (Å²) in [4.78, 5) is 30.8. The van der Waals surface area contributed by atoms with Gasteiger partial charge >= 0.3 is 11.8 Å². The number of piperazine rings is 1. The highest BCUT2D eigenvalue weighted by molar-refractivity contribution is 6.35. The van der Waals surface area contributed by atoms with Crippen LogP contribution < -0.4 is 9.47 Å². The smallest absolute Gasteiger partial charge is 0.312 e. The van der Waals surface area contributed by atoms with Gasteiger partial charge in [0, 0.05) is 44.8 Å². The van der Waals surface area contributed by atoms with Crippen molar-refractivity contribution < 1.29 is 19.1 Å². The van der Waals surface area contributed by atoms with E-state index in [9.17, 15) is 9.59 Å². The fourth-order valence-corrected chi connectivity index (χ4v) is 3.58. The molecule has 2 aliphatic rings. The van der Waals surface area contributed by atoms with Crippen molar-refractivity contribution in [1.29, 1.82) is 0 Å². The summed E-state index contributed by atoms with van der Waals surface area (Å²) >= 11 is 0. The van der Waals surface area contributed by atoms with Crippen LogP contribution in [0.4, 0.5) is 0 Å². The summed E-state index contributed by atoms with van der Waals surface area (Å²) < 4.78 is 10.8. The van der Waals surface area contributed by atoms with E-state index in [2.05, 4.69) is 4.90 Å². The van der Waals surface area contributed by atoms with Gasteiger partial charge in [0.05, 0.1) is 0 Å². The second-order valence-electron chi connectivity index (χ2n) is 7.98. The molecule has 1 saturated heterocycles. The average Bonchev–Trinajstić information content (AvgIpc) is 3.09. The number of carbonyl (C=O) groups is 2. The van der Waals surface area contributed by atoms with Crippen LogP contribution in [0.1, 0.15) is 33.3 Å². The normalized spacial score (nSPS) is 17.1. The van der Waals surface area contributed by atoms with Gasteiger partial charge < -0.3 is 19.3 Å². The molecule has 1 aromatic rings. The maximum absolute atomic E-state index is 12.6. The predicted molar refractivity (Wildman–Crippen MR) is 102 cm³/mol. The second-order valence-corrected chi connectivity index (χ2v) is 7.98. The second kappa shape index (κ2) is 7.76. The van der Waals surface area contributed by atoms with Crippen molar-refractivity contribution in [1.82, 2.24) is 14.7 Å². The molecule has 7 nitrogen and oxygen atoms in total. The largest absolute Gasteiger partial charge is 0.454 e. The minimum Gasteiger partial charge on any atom is -0.454 e. The zero-order valence-electron chi connectivity index (χ0n) is 16.7. The Morgan fingerprint density at radius 3 is 2.37 bits per heavy atom. The van der Waals surface area contributed by atoms with Gasteiger partial charge in [0.2, 0.25) is 6.79 Å². The molecule has 7 heteroatoms. The van der Waals surface area contributed by atoms with Gasteiger partial charge in [-0.15, -0.1) is 0 Å². The number of carbonyl (C=O) groups excluding carboxylic acids is 2. The van der Waals surface area contributed by atoms with Crippen molar-refractivity contribution in [2.75, 3.05) is 39.5 Å². The highest BCUT2D eigenvalue weighted by atomic mass is 16.7. The van der Waals surface area contributed by atoms with E-state index in [1.54, 1.807) is 9.80 Å². The molecule has 1 aromatic carbocycles. The SMILES string of the molecule is CCN(C(=O)C(=O)N1CCN(Cc2ccc3c(c2)OCO3)CC1)C(C)(C)C. The summed E-state index contributed by atoms with van der Waals surface area (Å²) in [6, 6.07) is 5.98. The quantitative estimate of drug-likeness (QED) is 0.753. The average molecular weight is 375 g/mol. The first-order chi connectivity index (χ1) is 12.8. The van der Waals surface area contributed by atoms with E-state index < -0.39 is 11.8 Å². The molecule has 0 N–H and O–H groups in total. The third-order valence-electron chi connectivity index (χ3n) is 5.06. The molecule has 2 heterocycles. The Morgan fingerprint density at radius 1 is 1.07 bits per heavy atom. The lowest BCUT2D eigenvalue weighted by Crippen LogP contribution is -2.56. The van der Waals surface area contributed by atoms with E-state index >= 15 is 0 Å². The molecule has 0 bridgehead atoms. The predicted octanol–water partition coefficient (Wildman–Crippen LogP) is 1.71. The third-order valence-corrected chi connectivity index (χ3v) is 5.06. The number of nitrogens with zero attached hydrogens (tertiary/aromatic N) is 3. The van der Waals surface area contributed by atoms with Crippen LogP contribution in [0.25, 0.3) is 0 Å². The Hall–Kier alpha value is -2.28. The lowest BCUT2D eigenvalue weighted by molar-refractivity contribution is -0.155. The molecule has 0 spiro atoms. The number of benzene rings is 1. The maximum atomic E-state index is 12.6. The van der Waals surface area contributed by atoms with Crippen LogP contribution in [0.2, 0.25) is 0 Å². The first-order valence-electron chi connectivity index (χ1n) is 9.51. The monoisotopic (exact) mass is 375 g/mol. The molecule has 0 atom stereocenters. The fourth-order valence-electron chi connectivity index (χ4n) is 3.58. The molecule has 1 fully saturated rings. The van der Waals surface area contributed by atoms with Crippen LogP contribution in [0.3, 0.4) is 0 Å². The highest BCUT2D eigenvalue weighted by Gasteiger charge is 2.33. The lowest BCUT2D eigenvalue weighted by atomic mass is 10.1. The van der Waals surface area contributed by atoms with Gasteiger partial charge in [0.1, 0.15) is 0 Å². The summed E-state index contributed by atoms with van der Waals surface area (Å²) in [5, 5.41) is 0. The Morgan fingerprint density at radius 2 is 1.74 bits per heavy atom. The van der Waals surface area contributed by atoms with E-state index in [0.29, 0.717) is 19.6 Å². The van der Waals surface area contributed by atoms with E-state index in [4.69, 9.17) is 9.47 Å². The zero-order chi connectivity index (χ0) is 19.6. The summed E-state index contributed by atoms with van der Waals surface area (Å²) in [7, 11) is 0. The Balaban J connectivity index is 1.54. The molecule has 3 rings (SSSR count). The molecule has 0 radical (unpaired) electrons. The summed E-state index contributed by atoms with van der Waals surface area (Å²) in [5.41, 5.74) is 0.794. The van der Waals surface area contributed by atoms with Crippen LogP contribution in [-0.2, 0) is 16.1 Å². The number of likely N-dealkylation sites (N-methyl/N-ethyl adjacent to an activating group) is 1. The van der Waals surface area contributed by atoms with Crippen molar-refractivity contribution >= 4 is 11.8 Å². The zero-order valence-corrected chi connectivity index (χ0v) is 16.7. The Kier molecular flexibility index (Phi) is 5.60.